The van der Waals surface area contributed by atoms with Crippen LogP contribution in [0.5, 0.6) is 0 Å². The fraction of sp³-hybridized carbons (Fsp3) is 0.333. The van der Waals surface area contributed by atoms with Gasteiger partial charge in [0.15, 0.2) is 0 Å². The summed E-state index contributed by atoms with van der Waals surface area (Å²) >= 11 is 1.40. The molecule has 0 fully saturated rings. The Morgan fingerprint density at radius 2 is 2.04 bits per heavy atom. The van der Waals surface area contributed by atoms with E-state index in [-0.39, 0.29) is 12.3 Å². The van der Waals surface area contributed by atoms with E-state index in [0.717, 1.165) is 16.0 Å². The summed E-state index contributed by atoms with van der Waals surface area (Å²) < 4.78 is 5.14. The summed E-state index contributed by atoms with van der Waals surface area (Å²) in [4.78, 5) is 25.6. The molecule has 0 aliphatic heterocycles. The molecule has 1 aromatic heterocycles. The zero-order chi connectivity index (χ0) is 17.7. The van der Waals surface area contributed by atoms with Crippen molar-refractivity contribution >= 4 is 33.9 Å². The highest BCUT2D eigenvalue weighted by atomic mass is 32.1. The Kier molecular flexibility index (Phi) is 5.98. The summed E-state index contributed by atoms with van der Waals surface area (Å²) in [5.74, 6) is -0.576. The third-order valence-corrected chi connectivity index (χ3v) is 4.67. The number of nitrogens with one attached hydrogen (secondary N) is 1. The van der Waals surface area contributed by atoms with Crippen molar-refractivity contribution < 1.29 is 14.3 Å². The maximum atomic E-state index is 12.3. The van der Waals surface area contributed by atoms with Gasteiger partial charge in [0.1, 0.15) is 5.00 Å². The maximum absolute atomic E-state index is 12.3. The van der Waals surface area contributed by atoms with E-state index in [1.165, 1.54) is 11.3 Å². The van der Waals surface area contributed by atoms with E-state index in [4.69, 9.17) is 10.5 Å². The third kappa shape index (κ3) is 4.14. The van der Waals surface area contributed by atoms with Gasteiger partial charge in [-0.2, -0.15) is 0 Å². The lowest BCUT2D eigenvalue weighted by Gasteiger charge is -2.08. The number of hydrogen-bond acceptors (Lipinski definition) is 5. The van der Waals surface area contributed by atoms with Crippen LogP contribution in [0.2, 0.25) is 0 Å². The Labute approximate surface area is 145 Å². The van der Waals surface area contributed by atoms with E-state index in [2.05, 4.69) is 5.32 Å². The average molecular weight is 346 g/mol. The number of benzene rings is 1. The third-order valence-electron chi connectivity index (χ3n) is 3.61. The van der Waals surface area contributed by atoms with Crippen molar-refractivity contribution in [3.05, 3.63) is 45.8 Å². The van der Waals surface area contributed by atoms with Crippen LogP contribution < -0.4 is 11.1 Å². The number of esters is 1. The highest BCUT2D eigenvalue weighted by molar-refractivity contribution is 7.16. The zero-order valence-electron chi connectivity index (χ0n) is 14.1. The second-order valence-corrected chi connectivity index (χ2v) is 6.61. The van der Waals surface area contributed by atoms with Gasteiger partial charge in [-0.3, -0.25) is 4.79 Å². The Morgan fingerprint density at radius 3 is 2.67 bits per heavy atom. The lowest BCUT2D eigenvalue weighted by atomic mass is 10.1. The van der Waals surface area contributed by atoms with Crippen molar-refractivity contribution in [1.29, 1.82) is 0 Å². The van der Waals surface area contributed by atoms with Crippen molar-refractivity contribution in [2.24, 2.45) is 0 Å². The zero-order valence-corrected chi connectivity index (χ0v) is 15.0. The normalized spacial score (nSPS) is 10.5. The van der Waals surface area contributed by atoms with Gasteiger partial charge in [-0.05, 0) is 43.5 Å². The molecule has 1 aromatic carbocycles. The molecule has 3 N–H and O–H groups in total. The standard InChI is InChI=1S/C18H22N2O3S/c1-4-14-11(3)24-17(16(14)18(22)23-5-2)20-15(21)10-12-7-6-8-13(19)9-12/h6-9H,4-5,10,19H2,1-3H3,(H,20,21). The molecule has 1 amide bonds. The van der Waals surface area contributed by atoms with Crippen LogP contribution in [-0.2, 0) is 22.4 Å². The van der Waals surface area contributed by atoms with Crippen molar-refractivity contribution in [3.8, 4) is 0 Å². The van der Waals surface area contributed by atoms with Crippen molar-refractivity contribution in [2.45, 2.75) is 33.6 Å². The first-order valence-electron chi connectivity index (χ1n) is 7.89. The van der Waals surface area contributed by atoms with Crippen LogP contribution in [0.1, 0.15) is 40.2 Å². The first-order chi connectivity index (χ1) is 11.5. The first-order valence-corrected chi connectivity index (χ1v) is 8.71. The molecule has 0 saturated carbocycles. The number of amides is 1. The second-order valence-electron chi connectivity index (χ2n) is 5.38. The van der Waals surface area contributed by atoms with Crippen molar-refractivity contribution in [3.63, 3.8) is 0 Å². The number of nitrogens with two attached hydrogens (primary N) is 1. The van der Waals surface area contributed by atoms with Gasteiger partial charge in [-0.15, -0.1) is 11.3 Å². The van der Waals surface area contributed by atoms with Crippen LogP contribution in [0.3, 0.4) is 0 Å². The van der Waals surface area contributed by atoms with Gasteiger partial charge in [-0.25, -0.2) is 4.79 Å². The molecule has 0 spiro atoms. The molecule has 5 nitrogen and oxygen atoms in total. The monoisotopic (exact) mass is 346 g/mol. The number of anilines is 2. The Morgan fingerprint density at radius 1 is 1.29 bits per heavy atom. The predicted molar refractivity (Wildman–Crippen MR) is 97.6 cm³/mol. The van der Waals surface area contributed by atoms with Crippen molar-refractivity contribution in [2.75, 3.05) is 17.7 Å². The molecule has 0 bridgehead atoms. The molecule has 0 aliphatic carbocycles. The minimum Gasteiger partial charge on any atom is -0.462 e. The number of ether oxygens (including phenoxy) is 1. The highest BCUT2D eigenvalue weighted by Gasteiger charge is 2.23. The van der Waals surface area contributed by atoms with Gasteiger partial charge in [0.2, 0.25) is 5.91 Å². The molecule has 1 heterocycles. The molecular formula is C18H22N2O3S. The summed E-state index contributed by atoms with van der Waals surface area (Å²) in [7, 11) is 0. The Bertz CT molecular complexity index is 753. The van der Waals surface area contributed by atoms with Gasteiger partial charge in [-0.1, -0.05) is 19.1 Å². The van der Waals surface area contributed by atoms with E-state index >= 15 is 0 Å². The lowest BCUT2D eigenvalue weighted by molar-refractivity contribution is -0.115. The van der Waals surface area contributed by atoms with Crippen LogP contribution in [0, 0.1) is 6.92 Å². The van der Waals surface area contributed by atoms with E-state index in [0.29, 0.717) is 29.3 Å². The summed E-state index contributed by atoms with van der Waals surface area (Å²) in [6.07, 6.45) is 0.910. The number of nitrogen functional groups attached to an aromatic ring is 1. The number of carbonyl (C=O) groups is 2. The molecule has 0 aliphatic rings. The summed E-state index contributed by atoms with van der Waals surface area (Å²) in [6.45, 7) is 5.99. The maximum Gasteiger partial charge on any atom is 0.341 e. The first kappa shape index (κ1) is 18.0. The van der Waals surface area contributed by atoms with Crippen LogP contribution in [0.15, 0.2) is 24.3 Å². The second kappa shape index (κ2) is 7.97. The van der Waals surface area contributed by atoms with E-state index in [1.54, 1.807) is 19.1 Å². The fourth-order valence-corrected chi connectivity index (χ4v) is 3.72. The minimum absolute atomic E-state index is 0.185. The largest absolute Gasteiger partial charge is 0.462 e. The quantitative estimate of drug-likeness (QED) is 0.619. The topological polar surface area (TPSA) is 81.4 Å². The van der Waals surface area contributed by atoms with Gasteiger partial charge < -0.3 is 15.8 Å². The van der Waals surface area contributed by atoms with Crippen molar-refractivity contribution in [1.82, 2.24) is 0 Å². The lowest BCUT2D eigenvalue weighted by Crippen LogP contribution is -2.17. The molecular weight excluding hydrogens is 324 g/mol. The van der Waals surface area contributed by atoms with Gasteiger partial charge in [0.25, 0.3) is 0 Å². The van der Waals surface area contributed by atoms with Gasteiger partial charge >= 0.3 is 5.97 Å². The smallest absolute Gasteiger partial charge is 0.341 e. The highest BCUT2D eigenvalue weighted by Crippen LogP contribution is 2.34. The van der Waals surface area contributed by atoms with Crippen LogP contribution >= 0.6 is 11.3 Å². The predicted octanol–water partition coefficient (Wildman–Crippen LogP) is 3.56. The number of hydrogen-bond donors (Lipinski definition) is 2. The number of aryl methyl sites for hydroxylation is 1. The summed E-state index contributed by atoms with van der Waals surface area (Å²) in [5, 5.41) is 3.40. The molecule has 0 radical (unpaired) electrons. The van der Waals surface area contributed by atoms with E-state index in [1.807, 2.05) is 26.0 Å². The molecule has 0 saturated heterocycles. The Balaban J connectivity index is 2.22. The molecule has 0 unspecified atom stereocenters. The fourth-order valence-electron chi connectivity index (χ4n) is 2.57. The van der Waals surface area contributed by atoms with Gasteiger partial charge in [0.05, 0.1) is 18.6 Å². The number of rotatable bonds is 6. The summed E-state index contributed by atoms with van der Waals surface area (Å²) in [6, 6.07) is 7.20. The molecule has 6 heteroatoms. The molecule has 0 atom stereocenters. The number of carbonyl (C=O) groups excluding carboxylic acids is 2. The van der Waals surface area contributed by atoms with E-state index < -0.39 is 5.97 Å². The molecule has 2 aromatic rings. The van der Waals surface area contributed by atoms with E-state index in [9.17, 15) is 9.59 Å². The van der Waals surface area contributed by atoms with Crippen LogP contribution in [-0.4, -0.2) is 18.5 Å². The average Bonchev–Trinajstić information content (AvgIpc) is 2.82. The molecule has 128 valence electrons. The van der Waals surface area contributed by atoms with Crippen LogP contribution in [0.25, 0.3) is 0 Å². The SMILES string of the molecule is CCOC(=O)c1c(NC(=O)Cc2cccc(N)c2)sc(C)c1CC. The number of thiophene rings is 1. The Hall–Kier alpha value is -2.34. The van der Waals surface area contributed by atoms with Crippen LogP contribution in [0.4, 0.5) is 10.7 Å². The summed E-state index contributed by atoms with van der Waals surface area (Å²) in [5.41, 5.74) is 8.58. The minimum atomic E-state index is -0.391. The molecule has 24 heavy (non-hydrogen) atoms. The van der Waals surface area contributed by atoms with Gasteiger partial charge in [0, 0.05) is 10.6 Å². The molecule has 2 rings (SSSR count).